The van der Waals surface area contributed by atoms with Crippen LogP contribution in [-0.2, 0) is 9.59 Å². The van der Waals surface area contributed by atoms with Gasteiger partial charge in [0.15, 0.2) is 17.3 Å². The van der Waals surface area contributed by atoms with Crippen LogP contribution in [0, 0.1) is 12.8 Å². The lowest BCUT2D eigenvalue weighted by molar-refractivity contribution is -0.857. The minimum Gasteiger partial charge on any atom is -0.504 e. The summed E-state index contributed by atoms with van der Waals surface area (Å²) in [5.74, 6) is -2.18. The second-order valence-corrected chi connectivity index (χ2v) is 8.45. The van der Waals surface area contributed by atoms with Gasteiger partial charge >= 0.3 is 0 Å². The number of Topliss-reactive ketones (excluding diaryl/α,β-unsaturated/α-hetero) is 2. The molecule has 33 heavy (non-hydrogen) atoms. The molecule has 0 saturated carbocycles. The molecule has 0 bridgehead atoms. The van der Waals surface area contributed by atoms with Crippen molar-refractivity contribution >= 4 is 17.5 Å². The number of rotatable bonds is 9. The Labute approximate surface area is 193 Å². The zero-order valence-electron chi connectivity index (χ0n) is 19.7. The van der Waals surface area contributed by atoms with Crippen LogP contribution in [0.25, 0.3) is 0 Å². The molecule has 0 spiro atoms. The van der Waals surface area contributed by atoms with Crippen molar-refractivity contribution in [2.75, 3.05) is 40.9 Å². The fourth-order valence-corrected chi connectivity index (χ4v) is 4.14. The van der Waals surface area contributed by atoms with Gasteiger partial charge in [-0.3, -0.25) is 14.4 Å². The quantitative estimate of drug-likeness (QED) is 0.335. The number of methoxy groups -OCH3 is 1. The van der Waals surface area contributed by atoms with E-state index in [9.17, 15) is 19.5 Å². The number of carbonyl (C=O) groups excluding carboxylic acids is 3. The number of hydrogen-bond acceptors (Lipinski definition) is 6. The Bertz CT molecular complexity index is 1060. The number of hydrogen-bond donors (Lipinski definition) is 2. The number of aromatic hydroxyl groups is 1. The molecule has 176 valence electrons. The van der Waals surface area contributed by atoms with Crippen LogP contribution in [-0.4, -0.2) is 68.4 Å². The van der Waals surface area contributed by atoms with Gasteiger partial charge in [-0.15, -0.1) is 0 Å². The van der Waals surface area contributed by atoms with Crippen LogP contribution < -0.4 is 14.4 Å². The van der Waals surface area contributed by atoms with Crippen molar-refractivity contribution in [2.45, 2.75) is 19.9 Å². The molecule has 1 aliphatic heterocycles. The maximum absolute atomic E-state index is 13.6. The van der Waals surface area contributed by atoms with Gasteiger partial charge in [-0.05, 0) is 55.3 Å². The molecule has 1 heterocycles. The number of ether oxygens (including phenoxy) is 2. The lowest BCUT2D eigenvalue weighted by Gasteiger charge is -2.28. The first kappa shape index (κ1) is 24.3. The fourth-order valence-electron chi connectivity index (χ4n) is 4.14. The van der Waals surface area contributed by atoms with E-state index >= 15 is 0 Å². The summed E-state index contributed by atoms with van der Waals surface area (Å²) in [5.41, 5.74) is 1.66. The summed E-state index contributed by atoms with van der Waals surface area (Å²) in [6, 6.07) is 8.86. The number of phenols is 1. The first-order valence-electron chi connectivity index (χ1n) is 11.0. The zero-order valence-corrected chi connectivity index (χ0v) is 19.7. The second-order valence-electron chi connectivity index (χ2n) is 8.45. The van der Waals surface area contributed by atoms with Crippen molar-refractivity contribution in [1.29, 1.82) is 0 Å². The van der Waals surface area contributed by atoms with Gasteiger partial charge in [-0.1, -0.05) is 6.07 Å². The predicted molar refractivity (Wildman–Crippen MR) is 122 cm³/mol. The fraction of sp³-hybridized carbons (Fsp3) is 0.400. The Balaban J connectivity index is 2.08. The monoisotopic (exact) mass is 455 g/mol. The Morgan fingerprint density at radius 3 is 2.45 bits per heavy atom. The molecule has 0 radical (unpaired) electrons. The van der Waals surface area contributed by atoms with E-state index in [1.807, 2.05) is 21.0 Å². The highest BCUT2D eigenvalue weighted by atomic mass is 16.5. The third-order valence-electron chi connectivity index (χ3n) is 5.85. The highest BCUT2D eigenvalue weighted by Crippen LogP contribution is 2.41. The largest absolute Gasteiger partial charge is 0.504 e. The number of phenolic OH excluding ortho intramolecular Hbond substituents is 1. The van der Waals surface area contributed by atoms with Gasteiger partial charge in [0.25, 0.3) is 5.91 Å². The Hall–Kier alpha value is -3.39. The molecule has 8 nitrogen and oxygen atoms in total. The molecule has 3 rings (SSSR count). The van der Waals surface area contributed by atoms with Crippen LogP contribution in [0.2, 0.25) is 0 Å². The average Bonchev–Trinajstić information content (AvgIpc) is 3.03. The number of aryl methyl sites for hydroxylation is 1. The third kappa shape index (κ3) is 4.85. The molecule has 1 amide bonds. The van der Waals surface area contributed by atoms with Crippen molar-refractivity contribution in [1.82, 2.24) is 4.90 Å². The molecule has 2 unspecified atom stereocenters. The van der Waals surface area contributed by atoms with Crippen LogP contribution in [0.4, 0.5) is 0 Å². The number of nitrogens with one attached hydrogen (secondary N) is 1. The molecule has 0 aliphatic carbocycles. The summed E-state index contributed by atoms with van der Waals surface area (Å²) in [4.78, 5) is 42.3. The van der Waals surface area contributed by atoms with E-state index in [0.29, 0.717) is 36.6 Å². The number of carbonyl (C=O) groups is 3. The molecule has 1 fully saturated rings. The standard InChI is InChI=1S/C25H30N2O6/c1-6-33-20-14-16(7-9-18(20)28)22-21(24(30)25(31)27(22)12-11-26(3)4)23(29)17-8-10-19(32-5)15(2)13-17/h7-10,13-14,21-22,28H,6,11-12H2,1-5H3/p+1. The van der Waals surface area contributed by atoms with Gasteiger partial charge in [0.05, 0.1) is 46.9 Å². The third-order valence-corrected chi connectivity index (χ3v) is 5.85. The lowest BCUT2D eigenvalue weighted by Crippen LogP contribution is -3.06. The van der Waals surface area contributed by atoms with Gasteiger partial charge in [0, 0.05) is 5.56 Å². The van der Waals surface area contributed by atoms with Gasteiger partial charge < -0.3 is 24.4 Å². The number of benzene rings is 2. The Morgan fingerprint density at radius 2 is 1.85 bits per heavy atom. The summed E-state index contributed by atoms with van der Waals surface area (Å²) in [7, 11) is 5.45. The normalized spacial score (nSPS) is 18.2. The molecular formula is C25H31N2O6+. The van der Waals surface area contributed by atoms with Crippen molar-refractivity contribution in [2.24, 2.45) is 5.92 Å². The highest BCUT2D eigenvalue weighted by Gasteiger charge is 2.51. The van der Waals surface area contributed by atoms with Crippen molar-refractivity contribution in [3.63, 3.8) is 0 Å². The van der Waals surface area contributed by atoms with Crippen LogP contribution >= 0.6 is 0 Å². The maximum Gasteiger partial charge on any atom is 0.291 e. The number of nitrogens with zero attached hydrogens (tertiary/aromatic N) is 1. The predicted octanol–water partition coefficient (Wildman–Crippen LogP) is 1.20. The molecule has 2 atom stereocenters. The molecule has 0 aromatic heterocycles. The first-order valence-corrected chi connectivity index (χ1v) is 11.0. The minimum absolute atomic E-state index is 0.0470. The number of likely N-dealkylation sites (tertiary alicyclic amines) is 1. The topological polar surface area (TPSA) is 97.6 Å². The summed E-state index contributed by atoms with van der Waals surface area (Å²) in [6.07, 6.45) is 0. The van der Waals surface area contributed by atoms with Crippen molar-refractivity contribution in [3.05, 3.63) is 53.1 Å². The molecule has 1 aliphatic rings. The maximum atomic E-state index is 13.6. The molecule has 1 saturated heterocycles. The van der Waals surface area contributed by atoms with E-state index in [0.717, 1.165) is 10.5 Å². The van der Waals surface area contributed by atoms with Gasteiger partial charge in [-0.25, -0.2) is 0 Å². The highest BCUT2D eigenvalue weighted by molar-refractivity contribution is 6.44. The zero-order chi connectivity index (χ0) is 24.3. The van der Waals surface area contributed by atoms with Crippen LogP contribution in [0.15, 0.2) is 36.4 Å². The Morgan fingerprint density at radius 1 is 1.12 bits per heavy atom. The second kappa shape index (κ2) is 10.0. The van der Waals surface area contributed by atoms with Gasteiger partial charge in [0.1, 0.15) is 11.7 Å². The van der Waals surface area contributed by atoms with E-state index in [1.165, 1.54) is 11.0 Å². The van der Waals surface area contributed by atoms with Gasteiger partial charge in [0.2, 0.25) is 5.78 Å². The molecule has 2 aromatic rings. The van der Waals surface area contributed by atoms with E-state index in [-0.39, 0.29) is 11.5 Å². The van der Waals surface area contributed by atoms with E-state index < -0.39 is 29.4 Å². The summed E-state index contributed by atoms with van der Waals surface area (Å²) in [6.45, 7) is 4.86. The smallest absolute Gasteiger partial charge is 0.291 e. The van der Waals surface area contributed by atoms with Crippen LogP contribution in [0.3, 0.4) is 0 Å². The summed E-state index contributed by atoms with van der Waals surface area (Å²) in [5, 5.41) is 10.1. The minimum atomic E-state index is -1.19. The molecule has 2 N–H and O–H groups in total. The van der Waals surface area contributed by atoms with E-state index in [2.05, 4.69) is 0 Å². The number of ketones is 2. The SMILES string of the molecule is CCOc1cc(C2C(C(=O)c3ccc(OC)c(C)c3)C(=O)C(=O)N2CC[NH+](C)C)ccc1O. The Kier molecular flexibility index (Phi) is 7.38. The number of likely N-dealkylation sites (N-methyl/N-ethyl adjacent to an activating group) is 1. The number of amides is 1. The average molecular weight is 456 g/mol. The van der Waals surface area contributed by atoms with Crippen molar-refractivity contribution in [3.8, 4) is 17.2 Å². The van der Waals surface area contributed by atoms with E-state index in [1.54, 1.807) is 44.4 Å². The molecular weight excluding hydrogens is 424 g/mol. The number of quaternary nitrogens is 1. The van der Waals surface area contributed by atoms with Crippen LogP contribution in [0.1, 0.15) is 34.5 Å². The van der Waals surface area contributed by atoms with Crippen LogP contribution in [0.5, 0.6) is 17.2 Å². The summed E-state index contributed by atoms with van der Waals surface area (Å²) >= 11 is 0. The molecule has 8 heteroatoms. The summed E-state index contributed by atoms with van der Waals surface area (Å²) < 4.78 is 10.8. The van der Waals surface area contributed by atoms with Crippen molar-refractivity contribution < 1.29 is 33.9 Å². The van der Waals surface area contributed by atoms with E-state index in [4.69, 9.17) is 9.47 Å². The van der Waals surface area contributed by atoms with Gasteiger partial charge in [-0.2, -0.15) is 0 Å². The molecule has 2 aromatic carbocycles. The first-order chi connectivity index (χ1) is 15.7. The lowest BCUT2D eigenvalue weighted by atomic mass is 9.85.